The molecule has 0 aliphatic rings. The average molecular weight is 300 g/mol. The number of carboxylic acids is 1. The minimum atomic E-state index is -0.759. The molecule has 2 amide bonds. The summed E-state index contributed by atoms with van der Waals surface area (Å²) in [6, 6.07) is -0.115. The Bertz CT molecular complexity index is 295. The van der Waals surface area contributed by atoms with Crippen LogP contribution >= 0.6 is 0 Å². The van der Waals surface area contributed by atoms with E-state index in [1.165, 1.54) is 19.3 Å². The van der Waals surface area contributed by atoms with Crippen molar-refractivity contribution in [1.82, 2.24) is 10.6 Å². The molecule has 0 aliphatic heterocycles. The molecule has 0 saturated heterocycles. The minimum absolute atomic E-state index is 0.115. The fourth-order valence-electron chi connectivity index (χ4n) is 2.19. The van der Waals surface area contributed by atoms with Crippen molar-refractivity contribution in [3.63, 3.8) is 0 Å². The first-order chi connectivity index (χ1) is 9.99. The predicted molar refractivity (Wildman–Crippen MR) is 85.4 cm³/mol. The maximum absolute atomic E-state index is 11.7. The number of carbonyl (C=O) groups excluding carboxylic acids is 1. The number of hydrogen-bond donors (Lipinski definition) is 3. The SMILES string of the molecule is CCCCC(CC)CNC(=O)NCCC(C)CCC(=O)O. The third-order valence-corrected chi connectivity index (χ3v) is 3.87. The lowest BCUT2D eigenvalue weighted by atomic mass is 9.99. The summed E-state index contributed by atoms with van der Waals surface area (Å²) < 4.78 is 0. The van der Waals surface area contributed by atoms with Gasteiger partial charge in [0, 0.05) is 19.5 Å². The van der Waals surface area contributed by atoms with Gasteiger partial charge in [0.05, 0.1) is 0 Å². The molecule has 0 aliphatic carbocycles. The Hall–Kier alpha value is -1.26. The average Bonchev–Trinajstić information content (AvgIpc) is 2.45. The number of nitrogens with one attached hydrogen (secondary N) is 2. The molecule has 0 aromatic carbocycles. The van der Waals surface area contributed by atoms with E-state index in [0.717, 1.165) is 19.4 Å². The number of aliphatic carboxylic acids is 1. The van der Waals surface area contributed by atoms with Gasteiger partial charge in [-0.1, -0.05) is 40.0 Å². The molecule has 5 heteroatoms. The van der Waals surface area contributed by atoms with Crippen molar-refractivity contribution in [2.75, 3.05) is 13.1 Å². The van der Waals surface area contributed by atoms with Gasteiger partial charge in [-0.25, -0.2) is 4.79 Å². The maximum Gasteiger partial charge on any atom is 0.314 e. The smallest absolute Gasteiger partial charge is 0.314 e. The maximum atomic E-state index is 11.7. The van der Waals surface area contributed by atoms with E-state index in [9.17, 15) is 9.59 Å². The van der Waals surface area contributed by atoms with Crippen LogP contribution in [-0.4, -0.2) is 30.2 Å². The predicted octanol–water partition coefficient (Wildman–Crippen LogP) is 3.39. The van der Waals surface area contributed by atoms with Crippen LogP contribution in [-0.2, 0) is 4.79 Å². The molecule has 21 heavy (non-hydrogen) atoms. The molecule has 0 saturated carbocycles. The van der Waals surface area contributed by atoms with Crippen molar-refractivity contribution in [2.24, 2.45) is 11.8 Å². The first-order valence-electron chi connectivity index (χ1n) is 8.23. The van der Waals surface area contributed by atoms with Gasteiger partial charge in [-0.15, -0.1) is 0 Å². The van der Waals surface area contributed by atoms with E-state index in [1.54, 1.807) is 0 Å². The van der Waals surface area contributed by atoms with Crippen LogP contribution in [0.25, 0.3) is 0 Å². The summed E-state index contributed by atoms with van der Waals surface area (Å²) in [5.41, 5.74) is 0. The number of urea groups is 1. The Morgan fingerprint density at radius 1 is 1.10 bits per heavy atom. The molecule has 5 nitrogen and oxygen atoms in total. The molecule has 0 rings (SSSR count). The lowest BCUT2D eigenvalue weighted by molar-refractivity contribution is -0.137. The summed E-state index contributed by atoms with van der Waals surface area (Å²) in [6.07, 6.45) is 6.33. The van der Waals surface area contributed by atoms with E-state index < -0.39 is 5.97 Å². The molecular formula is C16H32N2O3. The molecule has 0 radical (unpaired) electrons. The first kappa shape index (κ1) is 19.7. The van der Waals surface area contributed by atoms with Gasteiger partial charge < -0.3 is 15.7 Å². The third kappa shape index (κ3) is 12.2. The highest BCUT2D eigenvalue weighted by Crippen LogP contribution is 2.11. The highest BCUT2D eigenvalue weighted by Gasteiger charge is 2.09. The van der Waals surface area contributed by atoms with Crippen LogP contribution in [0.4, 0.5) is 4.79 Å². The monoisotopic (exact) mass is 300 g/mol. The van der Waals surface area contributed by atoms with E-state index in [-0.39, 0.29) is 12.5 Å². The zero-order valence-corrected chi connectivity index (χ0v) is 13.8. The molecule has 0 fully saturated rings. The summed E-state index contributed by atoms with van der Waals surface area (Å²) in [6.45, 7) is 7.68. The fourth-order valence-corrected chi connectivity index (χ4v) is 2.19. The summed E-state index contributed by atoms with van der Waals surface area (Å²) >= 11 is 0. The van der Waals surface area contributed by atoms with Gasteiger partial charge in [0.25, 0.3) is 0 Å². The topological polar surface area (TPSA) is 78.4 Å². The van der Waals surface area contributed by atoms with Crippen molar-refractivity contribution in [3.8, 4) is 0 Å². The normalized spacial score (nSPS) is 13.5. The number of carbonyl (C=O) groups is 2. The zero-order valence-electron chi connectivity index (χ0n) is 13.8. The largest absolute Gasteiger partial charge is 0.481 e. The molecule has 2 unspecified atom stereocenters. The fraction of sp³-hybridized carbons (Fsp3) is 0.875. The third-order valence-electron chi connectivity index (χ3n) is 3.87. The number of carboxylic acid groups (broad SMARTS) is 1. The summed E-state index contributed by atoms with van der Waals surface area (Å²) in [4.78, 5) is 22.1. The summed E-state index contributed by atoms with van der Waals surface area (Å²) in [5, 5.41) is 14.4. The van der Waals surface area contributed by atoms with Gasteiger partial charge in [-0.05, 0) is 31.1 Å². The molecular weight excluding hydrogens is 268 g/mol. The first-order valence-corrected chi connectivity index (χ1v) is 8.23. The second kappa shape index (κ2) is 12.5. The van der Waals surface area contributed by atoms with Crippen LogP contribution in [0.5, 0.6) is 0 Å². The zero-order chi connectivity index (χ0) is 16.1. The molecule has 124 valence electrons. The van der Waals surface area contributed by atoms with Crippen molar-refractivity contribution >= 4 is 12.0 Å². The lowest BCUT2D eigenvalue weighted by Gasteiger charge is -2.16. The Balaban J connectivity index is 3.67. The quantitative estimate of drug-likeness (QED) is 0.517. The molecule has 0 aromatic heterocycles. The van der Waals surface area contributed by atoms with E-state index in [0.29, 0.717) is 24.8 Å². The summed E-state index contributed by atoms with van der Waals surface area (Å²) in [5.74, 6) is 0.116. The van der Waals surface area contributed by atoms with Crippen LogP contribution < -0.4 is 10.6 Å². The van der Waals surface area contributed by atoms with Gasteiger partial charge in [-0.2, -0.15) is 0 Å². The molecule has 2 atom stereocenters. The molecule has 0 bridgehead atoms. The van der Waals surface area contributed by atoms with Gasteiger partial charge in [-0.3, -0.25) is 4.79 Å². The van der Waals surface area contributed by atoms with E-state index >= 15 is 0 Å². The van der Waals surface area contributed by atoms with Crippen molar-refractivity contribution in [3.05, 3.63) is 0 Å². The highest BCUT2D eigenvalue weighted by molar-refractivity contribution is 5.73. The van der Waals surface area contributed by atoms with Crippen LogP contribution in [0.2, 0.25) is 0 Å². The number of hydrogen-bond acceptors (Lipinski definition) is 2. The van der Waals surface area contributed by atoms with Crippen molar-refractivity contribution < 1.29 is 14.7 Å². The molecule has 0 aromatic rings. The standard InChI is InChI=1S/C16H32N2O3/c1-4-6-7-14(5-2)12-18-16(21)17-11-10-13(3)8-9-15(19)20/h13-14H,4-12H2,1-3H3,(H,19,20)(H2,17,18,21). The molecule has 3 N–H and O–H groups in total. The van der Waals surface area contributed by atoms with Gasteiger partial charge >= 0.3 is 12.0 Å². The summed E-state index contributed by atoms with van der Waals surface area (Å²) in [7, 11) is 0. The Morgan fingerprint density at radius 3 is 2.38 bits per heavy atom. The second-order valence-electron chi connectivity index (χ2n) is 5.88. The number of unbranched alkanes of at least 4 members (excludes halogenated alkanes) is 1. The Morgan fingerprint density at radius 2 is 1.81 bits per heavy atom. The van der Waals surface area contributed by atoms with Gasteiger partial charge in [0.1, 0.15) is 0 Å². The number of amides is 2. The van der Waals surface area contributed by atoms with E-state index in [2.05, 4.69) is 24.5 Å². The highest BCUT2D eigenvalue weighted by atomic mass is 16.4. The second-order valence-corrected chi connectivity index (χ2v) is 5.88. The Labute approximate surface area is 128 Å². The minimum Gasteiger partial charge on any atom is -0.481 e. The van der Waals surface area contributed by atoms with Gasteiger partial charge in [0.2, 0.25) is 0 Å². The lowest BCUT2D eigenvalue weighted by Crippen LogP contribution is -2.39. The van der Waals surface area contributed by atoms with E-state index in [4.69, 9.17) is 5.11 Å². The van der Waals surface area contributed by atoms with Crippen LogP contribution in [0.1, 0.15) is 65.7 Å². The Kier molecular flexibility index (Phi) is 11.7. The van der Waals surface area contributed by atoms with Gasteiger partial charge in [0.15, 0.2) is 0 Å². The molecule has 0 spiro atoms. The van der Waals surface area contributed by atoms with Crippen LogP contribution in [0, 0.1) is 11.8 Å². The molecule has 0 heterocycles. The van der Waals surface area contributed by atoms with Crippen LogP contribution in [0.15, 0.2) is 0 Å². The van der Waals surface area contributed by atoms with E-state index in [1.807, 2.05) is 6.92 Å². The van der Waals surface area contributed by atoms with Crippen molar-refractivity contribution in [1.29, 1.82) is 0 Å². The number of rotatable bonds is 12. The van der Waals surface area contributed by atoms with Crippen LogP contribution in [0.3, 0.4) is 0 Å². The van der Waals surface area contributed by atoms with Crippen molar-refractivity contribution in [2.45, 2.75) is 65.7 Å².